The molecule has 0 heterocycles. The summed E-state index contributed by atoms with van der Waals surface area (Å²) in [6, 6.07) is 5.91. The quantitative estimate of drug-likeness (QED) is 0.897. The molecule has 1 saturated carbocycles. The highest BCUT2D eigenvalue weighted by Gasteiger charge is 2.26. The van der Waals surface area contributed by atoms with E-state index in [-0.39, 0.29) is 5.91 Å². The number of nitrogens with zero attached hydrogens (tertiary/aromatic N) is 1. The van der Waals surface area contributed by atoms with Crippen LogP contribution in [0.2, 0.25) is 5.02 Å². The summed E-state index contributed by atoms with van der Waals surface area (Å²) >= 11 is 6.11. The molecule has 2 rings (SSSR count). The molecular formula is C15H22ClN3O. The van der Waals surface area contributed by atoms with E-state index in [9.17, 15) is 4.79 Å². The number of benzene rings is 1. The zero-order valence-corrected chi connectivity index (χ0v) is 12.8. The first-order chi connectivity index (χ1) is 9.52. The number of hydrogen-bond donors (Lipinski definition) is 2. The van der Waals surface area contributed by atoms with E-state index in [0.29, 0.717) is 29.1 Å². The molecule has 0 spiro atoms. The summed E-state index contributed by atoms with van der Waals surface area (Å²) in [6.07, 6.45) is 3.50. The van der Waals surface area contributed by atoms with Gasteiger partial charge in [-0.1, -0.05) is 18.0 Å². The zero-order chi connectivity index (χ0) is 14.7. The van der Waals surface area contributed by atoms with Gasteiger partial charge in [0.1, 0.15) is 0 Å². The number of nitrogens with one attached hydrogen (secondary N) is 1. The van der Waals surface area contributed by atoms with Gasteiger partial charge in [0.05, 0.1) is 10.6 Å². The third-order valence-corrected chi connectivity index (χ3v) is 4.25. The van der Waals surface area contributed by atoms with Crippen molar-refractivity contribution < 1.29 is 4.79 Å². The lowest BCUT2D eigenvalue weighted by atomic mass is 10.0. The molecule has 1 aromatic rings. The fourth-order valence-electron chi connectivity index (χ4n) is 2.74. The van der Waals surface area contributed by atoms with Crippen molar-refractivity contribution in [3.8, 4) is 0 Å². The van der Waals surface area contributed by atoms with Gasteiger partial charge in [-0.3, -0.25) is 4.79 Å². The molecule has 0 radical (unpaired) electrons. The van der Waals surface area contributed by atoms with Crippen LogP contribution in [0.25, 0.3) is 0 Å². The molecule has 0 aliphatic heterocycles. The molecule has 110 valence electrons. The third kappa shape index (κ3) is 3.25. The van der Waals surface area contributed by atoms with Gasteiger partial charge >= 0.3 is 0 Å². The summed E-state index contributed by atoms with van der Waals surface area (Å²) in [5, 5.41) is 3.98. The Morgan fingerprint density at radius 1 is 1.45 bits per heavy atom. The Hall–Kier alpha value is -1.26. The summed E-state index contributed by atoms with van der Waals surface area (Å²) in [5.74, 6) is 0.430. The van der Waals surface area contributed by atoms with Crippen molar-refractivity contribution in [3.05, 3.63) is 28.8 Å². The van der Waals surface area contributed by atoms with Crippen molar-refractivity contribution in [2.24, 2.45) is 11.7 Å². The lowest BCUT2D eigenvalue weighted by molar-refractivity contribution is 0.0828. The Morgan fingerprint density at radius 2 is 2.20 bits per heavy atom. The molecule has 3 N–H and O–H groups in total. The van der Waals surface area contributed by atoms with E-state index >= 15 is 0 Å². The molecule has 1 aliphatic carbocycles. The van der Waals surface area contributed by atoms with Crippen LogP contribution in [0.5, 0.6) is 0 Å². The molecule has 1 fully saturated rings. The Morgan fingerprint density at radius 3 is 2.85 bits per heavy atom. The summed E-state index contributed by atoms with van der Waals surface area (Å²) < 4.78 is 0. The molecule has 20 heavy (non-hydrogen) atoms. The standard InChI is InChI=1S/C15H22ClN3O/c1-19(2)15(20)12-8-11(6-7-13(12)16)18-14-5-3-4-10(14)9-17/h6-8,10,14,18H,3-5,9,17H2,1-2H3. The number of anilines is 1. The second-order valence-electron chi connectivity index (χ2n) is 5.57. The fraction of sp³-hybridized carbons (Fsp3) is 0.533. The number of amides is 1. The van der Waals surface area contributed by atoms with Crippen LogP contribution >= 0.6 is 11.6 Å². The molecule has 0 bridgehead atoms. The maximum atomic E-state index is 12.1. The molecule has 1 amide bonds. The Balaban J connectivity index is 2.17. The first-order valence-corrected chi connectivity index (χ1v) is 7.38. The third-order valence-electron chi connectivity index (χ3n) is 3.92. The van der Waals surface area contributed by atoms with E-state index in [4.69, 9.17) is 17.3 Å². The van der Waals surface area contributed by atoms with Crippen molar-refractivity contribution in [3.63, 3.8) is 0 Å². The van der Waals surface area contributed by atoms with Gasteiger partial charge < -0.3 is 16.0 Å². The van der Waals surface area contributed by atoms with Crippen LogP contribution in [-0.2, 0) is 0 Å². The normalized spacial score (nSPS) is 21.8. The van der Waals surface area contributed by atoms with Crippen LogP contribution in [0, 0.1) is 5.92 Å². The van der Waals surface area contributed by atoms with Crippen LogP contribution in [0.1, 0.15) is 29.6 Å². The molecule has 5 heteroatoms. The molecular weight excluding hydrogens is 274 g/mol. The Kier molecular flexibility index (Phi) is 4.89. The number of carbonyl (C=O) groups excluding carboxylic acids is 1. The Labute approximate surface area is 125 Å². The summed E-state index contributed by atoms with van der Waals surface area (Å²) in [4.78, 5) is 13.6. The minimum atomic E-state index is -0.0829. The lowest BCUT2D eigenvalue weighted by Crippen LogP contribution is -2.29. The zero-order valence-electron chi connectivity index (χ0n) is 12.0. The van der Waals surface area contributed by atoms with Crippen LogP contribution < -0.4 is 11.1 Å². The van der Waals surface area contributed by atoms with Gasteiger partial charge in [0.15, 0.2) is 0 Å². The van der Waals surface area contributed by atoms with E-state index in [1.165, 1.54) is 17.7 Å². The lowest BCUT2D eigenvalue weighted by Gasteiger charge is -2.21. The number of hydrogen-bond acceptors (Lipinski definition) is 3. The topological polar surface area (TPSA) is 58.4 Å². The molecule has 0 aromatic heterocycles. The molecule has 1 aromatic carbocycles. The van der Waals surface area contributed by atoms with Gasteiger partial charge in [0.2, 0.25) is 0 Å². The molecule has 2 unspecified atom stereocenters. The molecule has 0 saturated heterocycles. The number of halogens is 1. The average Bonchev–Trinajstić information content (AvgIpc) is 2.87. The van der Waals surface area contributed by atoms with E-state index in [1.54, 1.807) is 20.2 Å². The van der Waals surface area contributed by atoms with Gasteiger partial charge in [-0.25, -0.2) is 0 Å². The van der Waals surface area contributed by atoms with Crippen molar-refractivity contribution >= 4 is 23.2 Å². The number of rotatable bonds is 4. The van der Waals surface area contributed by atoms with Crippen molar-refractivity contribution in [2.45, 2.75) is 25.3 Å². The van der Waals surface area contributed by atoms with Gasteiger partial charge in [-0.2, -0.15) is 0 Å². The van der Waals surface area contributed by atoms with Crippen molar-refractivity contribution in [1.82, 2.24) is 4.90 Å². The summed E-state index contributed by atoms with van der Waals surface area (Å²) in [7, 11) is 3.44. The summed E-state index contributed by atoms with van der Waals surface area (Å²) in [6.45, 7) is 0.703. The second-order valence-corrected chi connectivity index (χ2v) is 5.98. The van der Waals surface area contributed by atoms with Gasteiger partial charge in [0, 0.05) is 25.8 Å². The maximum absolute atomic E-state index is 12.1. The first-order valence-electron chi connectivity index (χ1n) is 7.00. The smallest absolute Gasteiger partial charge is 0.254 e. The average molecular weight is 296 g/mol. The Bertz CT molecular complexity index is 490. The van der Waals surface area contributed by atoms with E-state index in [1.807, 2.05) is 12.1 Å². The van der Waals surface area contributed by atoms with Crippen LogP contribution in [0.3, 0.4) is 0 Å². The van der Waals surface area contributed by atoms with Gasteiger partial charge in [-0.05, 0) is 43.5 Å². The molecule has 2 atom stereocenters. The molecule has 1 aliphatic rings. The van der Waals surface area contributed by atoms with E-state index < -0.39 is 0 Å². The first kappa shape index (κ1) is 15.1. The molecule has 4 nitrogen and oxygen atoms in total. The number of carbonyl (C=O) groups is 1. The number of nitrogens with two attached hydrogens (primary N) is 1. The highest BCUT2D eigenvalue weighted by molar-refractivity contribution is 6.34. The maximum Gasteiger partial charge on any atom is 0.254 e. The predicted octanol–water partition coefficient (Wildman–Crippen LogP) is 2.58. The van der Waals surface area contributed by atoms with Gasteiger partial charge in [-0.15, -0.1) is 0 Å². The highest BCUT2D eigenvalue weighted by atomic mass is 35.5. The summed E-state index contributed by atoms with van der Waals surface area (Å²) in [5.41, 5.74) is 7.26. The highest BCUT2D eigenvalue weighted by Crippen LogP contribution is 2.29. The van der Waals surface area contributed by atoms with Gasteiger partial charge in [0.25, 0.3) is 5.91 Å². The fourth-order valence-corrected chi connectivity index (χ4v) is 2.94. The van der Waals surface area contributed by atoms with Crippen LogP contribution in [0.15, 0.2) is 18.2 Å². The van der Waals surface area contributed by atoms with E-state index in [2.05, 4.69) is 5.32 Å². The minimum absolute atomic E-state index is 0.0829. The van der Waals surface area contributed by atoms with Crippen molar-refractivity contribution in [1.29, 1.82) is 0 Å². The minimum Gasteiger partial charge on any atom is -0.382 e. The largest absolute Gasteiger partial charge is 0.382 e. The van der Waals surface area contributed by atoms with Crippen LogP contribution in [-0.4, -0.2) is 37.5 Å². The second kappa shape index (κ2) is 6.46. The predicted molar refractivity (Wildman–Crippen MR) is 83.3 cm³/mol. The van der Waals surface area contributed by atoms with Crippen molar-refractivity contribution in [2.75, 3.05) is 26.0 Å². The van der Waals surface area contributed by atoms with Crippen LogP contribution in [0.4, 0.5) is 5.69 Å². The monoisotopic (exact) mass is 295 g/mol. The SMILES string of the molecule is CN(C)C(=O)c1cc(NC2CCCC2CN)ccc1Cl. The van der Waals surface area contributed by atoms with E-state index in [0.717, 1.165) is 12.1 Å².